The van der Waals surface area contributed by atoms with Crippen molar-refractivity contribution in [3.05, 3.63) is 58.7 Å². The Morgan fingerprint density at radius 2 is 1.61 bits per heavy atom. The van der Waals surface area contributed by atoms with Gasteiger partial charge in [-0.15, -0.1) is 0 Å². The van der Waals surface area contributed by atoms with Crippen molar-refractivity contribution in [3.8, 4) is 11.5 Å². The van der Waals surface area contributed by atoms with Gasteiger partial charge in [0.2, 0.25) is 0 Å². The average Bonchev–Trinajstić information content (AvgIpc) is 2.76. The van der Waals surface area contributed by atoms with E-state index in [0.29, 0.717) is 6.10 Å². The first-order chi connectivity index (χ1) is 15.0. The lowest BCUT2D eigenvalue weighted by Gasteiger charge is -2.30. The molecule has 1 aliphatic rings. The third-order valence-electron chi connectivity index (χ3n) is 6.24. The van der Waals surface area contributed by atoms with Gasteiger partial charge in [0, 0.05) is 19.5 Å². The minimum atomic E-state index is 0.223. The van der Waals surface area contributed by atoms with Crippen molar-refractivity contribution >= 4 is 0 Å². The van der Waals surface area contributed by atoms with Crippen LogP contribution in [0.5, 0.6) is 11.5 Å². The van der Waals surface area contributed by atoms with Crippen LogP contribution in [0.2, 0.25) is 0 Å². The second-order valence-electron chi connectivity index (χ2n) is 9.06. The second-order valence-corrected chi connectivity index (χ2v) is 9.06. The van der Waals surface area contributed by atoms with Gasteiger partial charge in [-0.3, -0.25) is 0 Å². The quantitative estimate of drug-likeness (QED) is 0.573. The second kappa shape index (κ2) is 11.5. The van der Waals surface area contributed by atoms with Crippen LogP contribution in [0.4, 0.5) is 0 Å². The Kier molecular flexibility index (Phi) is 8.79. The summed E-state index contributed by atoms with van der Waals surface area (Å²) in [7, 11) is 4.18. The molecule has 1 N–H and O–H groups in total. The standard InChI is InChI=1S/C27H40N2O2/c1-6-24(11-14-28-4)30-26-9-7-20(2)17-22(26)19-23-18-21(3)8-10-27(23)31-25-12-15-29(5)16-13-25/h7-10,17-18,24-25,28H,6,11-16,19H2,1-5H3. The van der Waals surface area contributed by atoms with Crippen LogP contribution in [0.1, 0.15) is 54.9 Å². The first kappa shape index (κ1) is 23.6. The van der Waals surface area contributed by atoms with Gasteiger partial charge in [0.15, 0.2) is 0 Å². The molecule has 2 aromatic rings. The Balaban J connectivity index is 1.81. The fourth-order valence-electron chi connectivity index (χ4n) is 4.24. The van der Waals surface area contributed by atoms with Crippen LogP contribution in [-0.4, -0.2) is 50.8 Å². The number of nitrogens with zero attached hydrogens (tertiary/aromatic N) is 1. The average molecular weight is 425 g/mol. The highest BCUT2D eigenvalue weighted by molar-refractivity contribution is 5.45. The first-order valence-corrected chi connectivity index (χ1v) is 11.8. The molecule has 0 aromatic heterocycles. The van der Waals surface area contributed by atoms with Gasteiger partial charge in [-0.1, -0.05) is 42.3 Å². The molecule has 1 unspecified atom stereocenters. The summed E-state index contributed by atoms with van der Waals surface area (Å²) in [6.07, 6.45) is 5.54. The summed E-state index contributed by atoms with van der Waals surface area (Å²) in [6, 6.07) is 13.1. The number of ether oxygens (including phenoxy) is 2. The van der Waals surface area contributed by atoms with Crippen molar-refractivity contribution < 1.29 is 9.47 Å². The maximum Gasteiger partial charge on any atom is 0.123 e. The molecule has 1 heterocycles. The molecule has 1 atom stereocenters. The molecule has 0 bridgehead atoms. The van der Waals surface area contributed by atoms with Gasteiger partial charge < -0.3 is 19.7 Å². The minimum absolute atomic E-state index is 0.223. The number of nitrogens with one attached hydrogen (secondary N) is 1. The number of hydrogen-bond acceptors (Lipinski definition) is 4. The predicted molar refractivity (Wildman–Crippen MR) is 130 cm³/mol. The van der Waals surface area contributed by atoms with Crippen molar-refractivity contribution in [2.45, 2.75) is 65.1 Å². The highest BCUT2D eigenvalue weighted by Crippen LogP contribution is 2.31. The predicted octanol–water partition coefficient (Wildman–Crippen LogP) is 5.13. The molecule has 0 radical (unpaired) electrons. The van der Waals surface area contributed by atoms with Crippen LogP contribution in [0.25, 0.3) is 0 Å². The van der Waals surface area contributed by atoms with Crippen LogP contribution in [-0.2, 0) is 6.42 Å². The number of hydrogen-bond donors (Lipinski definition) is 1. The van der Waals surface area contributed by atoms with Crippen molar-refractivity contribution in [1.29, 1.82) is 0 Å². The summed E-state index contributed by atoms with van der Waals surface area (Å²) in [5.74, 6) is 2.02. The van der Waals surface area contributed by atoms with Gasteiger partial charge in [0.25, 0.3) is 0 Å². The molecule has 4 nitrogen and oxygen atoms in total. The lowest BCUT2D eigenvalue weighted by atomic mass is 9.99. The largest absolute Gasteiger partial charge is 0.490 e. The third-order valence-corrected chi connectivity index (χ3v) is 6.24. The summed E-state index contributed by atoms with van der Waals surface area (Å²) >= 11 is 0. The van der Waals surface area contributed by atoms with Crippen LogP contribution in [0, 0.1) is 13.8 Å². The van der Waals surface area contributed by atoms with Crippen LogP contribution in [0.3, 0.4) is 0 Å². The SMILES string of the molecule is CCC(CCNC)Oc1ccc(C)cc1Cc1cc(C)ccc1OC1CCN(C)CC1. The monoisotopic (exact) mass is 424 g/mol. The van der Waals surface area contributed by atoms with Crippen molar-refractivity contribution in [3.63, 3.8) is 0 Å². The molecule has 1 aliphatic heterocycles. The Hall–Kier alpha value is -2.04. The highest BCUT2D eigenvalue weighted by atomic mass is 16.5. The number of likely N-dealkylation sites (tertiary alicyclic amines) is 1. The van der Waals surface area contributed by atoms with E-state index >= 15 is 0 Å². The summed E-state index contributed by atoms with van der Waals surface area (Å²) in [5.41, 5.74) is 5.01. The molecule has 1 fully saturated rings. The van der Waals surface area contributed by atoms with Gasteiger partial charge in [-0.05, 0) is 83.4 Å². The van der Waals surface area contributed by atoms with Gasteiger partial charge >= 0.3 is 0 Å². The molecule has 0 aliphatic carbocycles. The summed E-state index contributed by atoms with van der Waals surface area (Å²) < 4.78 is 13.0. The van der Waals surface area contributed by atoms with Crippen LogP contribution >= 0.6 is 0 Å². The summed E-state index contributed by atoms with van der Waals surface area (Å²) in [6.45, 7) is 9.67. The smallest absolute Gasteiger partial charge is 0.123 e. The van der Waals surface area contributed by atoms with E-state index in [0.717, 1.165) is 63.2 Å². The van der Waals surface area contributed by atoms with Crippen LogP contribution in [0.15, 0.2) is 36.4 Å². The number of aryl methyl sites for hydroxylation is 2. The number of piperidine rings is 1. The van der Waals surface area contributed by atoms with E-state index in [1.807, 2.05) is 7.05 Å². The molecular weight excluding hydrogens is 384 g/mol. The van der Waals surface area contributed by atoms with Crippen molar-refractivity contribution in [2.24, 2.45) is 0 Å². The van der Waals surface area contributed by atoms with E-state index in [1.54, 1.807) is 0 Å². The first-order valence-electron chi connectivity index (χ1n) is 11.8. The van der Waals surface area contributed by atoms with Gasteiger partial charge in [0.05, 0.1) is 6.10 Å². The normalized spacial score (nSPS) is 16.3. The Morgan fingerprint density at radius 3 is 2.23 bits per heavy atom. The molecular formula is C27H40N2O2. The lowest BCUT2D eigenvalue weighted by molar-refractivity contribution is 0.113. The summed E-state index contributed by atoms with van der Waals surface area (Å²) in [5, 5.41) is 3.24. The molecule has 2 aromatic carbocycles. The van der Waals surface area contributed by atoms with Crippen molar-refractivity contribution in [1.82, 2.24) is 10.2 Å². The fourth-order valence-corrected chi connectivity index (χ4v) is 4.24. The number of benzene rings is 2. The Bertz CT molecular complexity index is 774. The lowest BCUT2D eigenvalue weighted by Crippen LogP contribution is -2.35. The van der Waals surface area contributed by atoms with Crippen LogP contribution < -0.4 is 14.8 Å². The Labute approximate surface area is 188 Å². The topological polar surface area (TPSA) is 33.7 Å². The molecule has 0 amide bonds. The maximum absolute atomic E-state index is 6.51. The molecule has 3 rings (SSSR count). The van der Waals surface area contributed by atoms with E-state index in [4.69, 9.17) is 9.47 Å². The molecule has 170 valence electrons. The molecule has 1 saturated heterocycles. The minimum Gasteiger partial charge on any atom is -0.490 e. The third kappa shape index (κ3) is 6.98. The zero-order chi connectivity index (χ0) is 22.2. The maximum atomic E-state index is 6.51. The van der Waals surface area contributed by atoms with Gasteiger partial charge in [-0.25, -0.2) is 0 Å². The van der Waals surface area contributed by atoms with Crippen molar-refractivity contribution in [2.75, 3.05) is 33.7 Å². The van der Waals surface area contributed by atoms with E-state index in [1.165, 1.54) is 22.3 Å². The zero-order valence-corrected chi connectivity index (χ0v) is 20.0. The molecule has 31 heavy (non-hydrogen) atoms. The fraction of sp³-hybridized carbons (Fsp3) is 0.556. The van der Waals surface area contributed by atoms with E-state index in [-0.39, 0.29) is 6.10 Å². The number of rotatable bonds is 10. The Morgan fingerprint density at radius 1 is 1.00 bits per heavy atom. The molecule has 0 spiro atoms. The highest BCUT2D eigenvalue weighted by Gasteiger charge is 2.20. The van der Waals surface area contributed by atoms with E-state index in [9.17, 15) is 0 Å². The van der Waals surface area contributed by atoms with E-state index < -0.39 is 0 Å². The van der Waals surface area contributed by atoms with Gasteiger partial charge in [-0.2, -0.15) is 0 Å². The zero-order valence-electron chi connectivity index (χ0n) is 20.0. The van der Waals surface area contributed by atoms with Gasteiger partial charge in [0.1, 0.15) is 17.6 Å². The molecule has 0 saturated carbocycles. The summed E-state index contributed by atoms with van der Waals surface area (Å²) in [4.78, 5) is 2.38. The molecule has 4 heteroatoms. The van der Waals surface area contributed by atoms with E-state index in [2.05, 4.69) is 74.4 Å².